The number of rotatable bonds is 5. The molecule has 0 aliphatic carbocycles. The number of amides is 3. The van der Waals surface area contributed by atoms with Crippen molar-refractivity contribution in [3.05, 3.63) is 69.6 Å². The summed E-state index contributed by atoms with van der Waals surface area (Å²) in [6.45, 7) is 0.0400. The number of alkyl halides is 3. The molecule has 0 spiro atoms. The molecule has 10 heteroatoms. The average Bonchev–Trinajstić information content (AvgIpc) is 3.02. The second kappa shape index (κ2) is 8.62. The zero-order valence-corrected chi connectivity index (χ0v) is 16.3. The summed E-state index contributed by atoms with van der Waals surface area (Å²) in [5.74, 6) is -0.562. The number of ether oxygens (including phenoxy) is 1. The largest absolute Gasteiger partial charge is 0.496 e. The van der Waals surface area contributed by atoms with E-state index >= 15 is 0 Å². The number of halogens is 3. The van der Waals surface area contributed by atoms with E-state index in [2.05, 4.69) is 10.6 Å². The van der Waals surface area contributed by atoms with E-state index in [0.29, 0.717) is 16.9 Å². The Bertz CT molecular complexity index is 1030. The van der Waals surface area contributed by atoms with Crippen LogP contribution in [0.25, 0.3) is 6.08 Å². The maximum atomic E-state index is 12.6. The van der Waals surface area contributed by atoms with Gasteiger partial charge in [0.05, 0.1) is 17.6 Å². The maximum absolute atomic E-state index is 12.6. The van der Waals surface area contributed by atoms with Crippen LogP contribution in [0, 0.1) is 0 Å². The normalized spacial score (nSPS) is 15.3. The maximum Gasteiger partial charge on any atom is 0.416 e. The molecular weight excluding hydrogens is 421 g/mol. The Balaban J connectivity index is 1.74. The number of nitrogens with one attached hydrogen (secondary N) is 2. The Kier molecular flexibility index (Phi) is 6.16. The molecule has 0 radical (unpaired) electrons. The molecule has 1 aliphatic heterocycles. The molecule has 3 amide bonds. The van der Waals surface area contributed by atoms with Gasteiger partial charge in [0.2, 0.25) is 0 Å². The summed E-state index contributed by atoms with van der Waals surface area (Å²) < 4.78 is 43.2. The minimum Gasteiger partial charge on any atom is -0.496 e. The van der Waals surface area contributed by atoms with Crippen LogP contribution in [-0.2, 0) is 17.5 Å². The van der Waals surface area contributed by atoms with E-state index in [9.17, 15) is 27.6 Å². The number of hydrogen-bond acceptors (Lipinski definition) is 5. The number of benzene rings is 2. The van der Waals surface area contributed by atoms with E-state index in [1.807, 2.05) is 0 Å². The van der Waals surface area contributed by atoms with Crippen molar-refractivity contribution < 1.29 is 32.3 Å². The molecule has 0 aromatic heterocycles. The molecule has 3 rings (SSSR count). The van der Waals surface area contributed by atoms with Crippen LogP contribution in [0.5, 0.6) is 5.75 Å². The van der Waals surface area contributed by atoms with Gasteiger partial charge in [-0.2, -0.15) is 13.2 Å². The number of hydrogen-bond donors (Lipinski definition) is 2. The first-order chi connectivity index (χ1) is 14.2. The molecule has 6 nitrogen and oxygen atoms in total. The van der Waals surface area contributed by atoms with Crippen molar-refractivity contribution in [1.82, 2.24) is 10.6 Å². The molecular formula is C20H15F3N2O4S. The lowest BCUT2D eigenvalue weighted by atomic mass is 10.1. The quantitative estimate of drug-likeness (QED) is 0.693. The molecule has 30 heavy (non-hydrogen) atoms. The predicted octanol–water partition coefficient (Wildman–Crippen LogP) is 3.97. The van der Waals surface area contributed by atoms with E-state index < -0.39 is 28.8 Å². The van der Waals surface area contributed by atoms with Gasteiger partial charge in [-0.05, 0) is 59.8 Å². The monoisotopic (exact) mass is 436 g/mol. The molecule has 2 aromatic rings. The number of thioether (sulfide) groups is 1. The molecule has 156 valence electrons. The third kappa shape index (κ3) is 5.01. The zero-order chi connectivity index (χ0) is 21.9. The second-order valence-corrected chi connectivity index (χ2v) is 7.20. The fourth-order valence-corrected chi connectivity index (χ4v) is 3.37. The third-order valence-electron chi connectivity index (χ3n) is 4.16. The van der Waals surface area contributed by atoms with Crippen molar-refractivity contribution in [2.24, 2.45) is 0 Å². The Hall–Kier alpha value is -3.27. The van der Waals surface area contributed by atoms with E-state index in [1.54, 1.807) is 18.2 Å². The van der Waals surface area contributed by atoms with Gasteiger partial charge in [-0.1, -0.05) is 6.07 Å². The Morgan fingerprint density at radius 3 is 2.43 bits per heavy atom. The summed E-state index contributed by atoms with van der Waals surface area (Å²) in [7, 11) is 1.45. The van der Waals surface area contributed by atoms with Gasteiger partial charge < -0.3 is 10.1 Å². The Morgan fingerprint density at radius 1 is 1.17 bits per heavy atom. The van der Waals surface area contributed by atoms with Gasteiger partial charge in [0.1, 0.15) is 5.75 Å². The highest BCUT2D eigenvalue weighted by Crippen LogP contribution is 2.29. The summed E-state index contributed by atoms with van der Waals surface area (Å²) in [5.41, 5.74) is 0.440. The summed E-state index contributed by atoms with van der Waals surface area (Å²) in [4.78, 5) is 35.5. The van der Waals surface area contributed by atoms with Crippen molar-refractivity contribution in [1.29, 1.82) is 0 Å². The highest BCUT2D eigenvalue weighted by Gasteiger charge is 2.30. The van der Waals surface area contributed by atoms with Gasteiger partial charge in [-0.3, -0.25) is 19.7 Å². The first kappa shape index (κ1) is 21.4. The Labute approximate surface area is 173 Å². The Morgan fingerprint density at radius 2 is 1.87 bits per heavy atom. The van der Waals surface area contributed by atoms with Crippen LogP contribution in [0.2, 0.25) is 0 Å². The molecule has 0 saturated carbocycles. The van der Waals surface area contributed by atoms with E-state index in [4.69, 9.17) is 4.74 Å². The molecule has 1 aliphatic rings. The standard InChI is InChI=1S/C20H15F3N2O4S/c1-29-15-7-2-11(9-16-18(27)25-19(28)30-16)8-13(15)10-24-17(26)12-3-5-14(6-4-12)20(21,22)23/h2-9H,10H2,1H3,(H,24,26)(H,25,27,28). The number of carbonyl (C=O) groups excluding carboxylic acids is 3. The minimum absolute atomic E-state index is 0.0400. The van der Waals surface area contributed by atoms with Crippen LogP contribution < -0.4 is 15.4 Å². The van der Waals surface area contributed by atoms with Crippen molar-refractivity contribution in [2.45, 2.75) is 12.7 Å². The average molecular weight is 436 g/mol. The fraction of sp³-hybridized carbons (Fsp3) is 0.150. The van der Waals surface area contributed by atoms with Crippen LogP contribution >= 0.6 is 11.8 Å². The molecule has 0 atom stereocenters. The van der Waals surface area contributed by atoms with Crippen LogP contribution in [0.15, 0.2) is 47.4 Å². The van der Waals surface area contributed by atoms with Gasteiger partial charge >= 0.3 is 6.18 Å². The van der Waals surface area contributed by atoms with E-state index in [0.717, 1.165) is 36.0 Å². The smallest absolute Gasteiger partial charge is 0.416 e. The van der Waals surface area contributed by atoms with Crippen molar-refractivity contribution in [2.75, 3.05) is 7.11 Å². The molecule has 1 heterocycles. The lowest BCUT2D eigenvalue weighted by molar-refractivity contribution is -0.137. The van der Waals surface area contributed by atoms with Crippen LogP contribution in [0.3, 0.4) is 0 Å². The minimum atomic E-state index is -4.48. The lowest BCUT2D eigenvalue weighted by Gasteiger charge is -2.12. The molecule has 2 N–H and O–H groups in total. The highest BCUT2D eigenvalue weighted by atomic mass is 32.2. The number of imide groups is 1. The molecule has 0 unspecified atom stereocenters. The number of methoxy groups -OCH3 is 1. The second-order valence-electron chi connectivity index (χ2n) is 6.18. The lowest BCUT2D eigenvalue weighted by Crippen LogP contribution is -2.23. The zero-order valence-electron chi connectivity index (χ0n) is 15.5. The fourth-order valence-electron chi connectivity index (χ4n) is 2.69. The summed E-state index contributed by atoms with van der Waals surface area (Å²) in [6.07, 6.45) is -2.94. The summed E-state index contributed by atoms with van der Waals surface area (Å²) in [6, 6.07) is 8.89. The molecule has 1 saturated heterocycles. The summed E-state index contributed by atoms with van der Waals surface area (Å²) in [5, 5.41) is 4.33. The van der Waals surface area contributed by atoms with Crippen molar-refractivity contribution >= 4 is 34.9 Å². The van der Waals surface area contributed by atoms with Gasteiger partial charge in [0.25, 0.3) is 17.1 Å². The van der Waals surface area contributed by atoms with E-state index in [-0.39, 0.29) is 17.0 Å². The van der Waals surface area contributed by atoms with E-state index in [1.165, 1.54) is 13.2 Å². The third-order valence-corrected chi connectivity index (χ3v) is 4.97. The van der Waals surface area contributed by atoms with Gasteiger partial charge in [-0.25, -0.2) is 0 Å². The van der Waals surface area contributed by atoms with Crippen LogP contribution in [0.1, 0.15) is 27.0 Å². The molecule has 0 bridgehead atoms. The first-order valence-corrected chi connectivity index (χ1v) is 9.36. The summed E-state index contributed by atoms with van der Waals surface area (Å²) >= 11 is 0.783. The molecule has 1 fully saturated rings. The van der Waals surface area contributed by atoms with Gasteiger partial charge in [0.15, 0.2) is 0 Å². The highest BCUT2D eigenvalue weighted by molar-refractivity contribution is 8.18. The SMILES string of the molecule is COc1ccc(C=C2SC(=O)NC2=O)cc1CNC(=O)c1ccc(C(F)(F)F)cc1. The topological polar surface area (TPSA) is 84.5 Å². The van der Waals surface area contributed by atoms with Gasteiger partial charge in [0, 0.05) is 17.7 Å². The van der Waals surface area contributed by atoms with Crippen molar-refractivity contribution in [3.63, 3.8) is 0 Å². The predicted molar refractivity (Wildman–Crippen MR) is 105 cm³/mol. The first-order valence-electron chi connectivity index (χ1n) is 8.54. The number of carbonyl (C=O) groups is 3. The van der Waals surface area contributed by atoms with Gasteiger partial charge in [-0.15, -0.1) is 0 Å². The van der Waals surface area contributed by atoms with Crippen LogP contribution in [0.4, 0.5) is 18.0 Å². The molecule has 2 aromatic carbocycles. The van der Waals surface area contributed by atoms with Crippen molar-refractivity contribution in [3.8, 4) is 5.75 Å². The van der Waals surface area contributed by atoms with Crippen LogP contribution in [-0.4, -0.2) is 24.2 Å².